The van der Waals surface area contributed by atoms with Crippen LogP contribution in [0.4, 0.5) is 0 Å². The second-order valence-corrected chi connectivity index (χ2v) is 4.65. The predicted molar refractivity (Wildman–Crippen MR) is 60.3 cm³/mol. The Balaban J connectivity index is 2.44. The molecule has 15 heavy (non-hydrogen) atoms. The molecule has 1 aliphatic heterocycles. The van der Waals surface area contributed by atoms with Crippen LogP contribution in [0.1, 0.15) is 16.1 Å². The van der Waals surface area contributed by atoms with E-state index < -0.39 is 5.97 Å². The van der Waals surface area contributed by atoms with Crippen molar-refractivity contribution in [3.8, 4) is 0 Å². The van der Waals surface area contributed by atoms with Gasteiger partial charge in [-0.3, -0.25) is 0 Å². The highest BCUT2D eigenvalue weighted by Crippen LogP contribution is 2.32. The maximum atomic E-state index is 11.0. The summed E-state index contributed by atoms with van der Waals surface area (Å²) in [6.45, 7) is 0.775. The minimum absolute atomic E-state index is 0.391. The molecule has 2 heterocycles. The second-order valence-electron chi connectivity index (χ2n) is 3.74. The quantitative estimate of drug-likeness (QED) is 0.862. The molecular weight excluding hydrogens is 258 g/mol. The van der Waals surface area contributed by atoms with Crippen molar-refractivity contribution in [2.45, 2.75) is 13.0 Å². The molecule has 3 rings (SSSR count). The van der Waals surface area contributed by atoms with E-state index >= 15 is 0 Å². The number of benzene rings is 1. The molecule has 0 fully saturated rings. The summed E-state index contributed by atoms with van der Waals surface area (Å²) < 4.78 is 2.90. The summed E-state index contributed by atoms with van der Waals surface area (Å²) in [6.07, 6.45) is 0.923. The van der Waals surface area contributed by atoms with E-state index in [2.05, 4.69) is 22.0 Å². The first kappa shape index (κ1) is 8.97. The molecule has 1 N–H and O–H groups in total. The Kier molecular flexibility index (Phi) is 1.71. The maximum Gasteiger partial charge on any atom is 0.352 e. The van der Waals surface area contributed by atoms with Crippen LogP contribution in [0.5, 0.6) is 0 Å². The lowest BCUT2D eigenvalue weighted by atomic mass is 10.1. The van der Waals surface area contributed by atoms with Gasteiger partial charge in [0.05, 0.1) is 5.52 Å². The Hall–Kier alpha value is -1.29. The molecule has 1 aromatic carbocycles. The summed E-state index contributed by atoms with van der Waals surface area (Å²) in [6, 6.07) is 5.77. The summed E-state index contributed by atoms with van der Waals surface area (Å²) in [5.41, 5.74) is 2.70. The van der Waals surface area contributed by atoms with Crippen LogP contribution < -0.4 is 0 Å². The van der Waals surface area contributed by atoms with Crippen LogP contribution in [0.2, 0.25) is 0 Å². The van der Waals surface area contributed by atoms with Gasteiger partial charge in [-0.2, -0.15) is 0 Å². The zero-order chi connectivity index (χ0) is 10.6. The van der Waals surface area contributed by atoms with E-state index in [9.17, 15) is 4.79 Å². The van der Waals surface area contributed by atoms with Gasteiger partial charge in [0.1, 0.15) is 5.69 Å². The molecule has 0 radical (unpaired) electrons. The van der Waals surface area contributed by atoms with Crippen molar-refractivity contribution in [2.24, 2.45) is 0 Å². The van der Waals surface area contributed by atoms with Gasteiger partial charge in [0, 0.05) is 16.4 Å². The average molecular weight is 266 g/mol. The molecule has 4 heteroatoms. The molecule has 0 atom stereocenters. The number of aromatic nitrogens is 1. The maximum absolute atomic E-state index is 11.0. The Morgan fingerprint density at radius 3 is 2.93 bits per heavy atom. The molecule has 0 saturated heterocycles. The number of rotatable bonds is 1. The van der Waals surface area contributed by atoms with E-state index in [4.69, 9.17) is 5.11 Å². The number of hydrogen-bond acceptors (Lipinski definition) is 1. The summed E-state index contributed by atoms with van der Waals surface area (Å²) >= 11 is 3.44. The SMILES string of the molecule is O=C(O)c1cc2cc(Br)cc3c2n1CC3. The van der Waals surface area contributed by atoms with Crippen molar-refractivity contribution < 1.29 is 9.90 Å². The molecule has 76 valence electrons. The van der Waals surface area contributed by atoms with Crippen molar-refractivity contribution in [1.82, 2.24) is 4.57 Å². The zero-order valence-electron chi connectivity index (χ0n) is 7.83. The molecular formula is C11H8BrNO2. The van der Waals surface area contributed by atoms with Gasteiger partial charge in [0.15, 0.2) is 0 Å². The van der Waals surface area contributed by atoms with Crippen LogP contribution in [-0.4, -0.2) is 15.6 Å². The Bertz CT molecular complexity index is 586. The standard InChI is InChI=1S/C11H8BrNO2/c12-8-3-6-1-2-13-9(11(14)15)5-7(4-8)10(6)13/h3-5H,1-2H2,(H,14,15). The molecule has 0 amide bonds. The summed E-state index contributed by atoms with van der Waals surface area (Å²) in [5, 5.41) is 10.1. The third-order valence-electron chi connectivity index (χ3n) is 2.86. The van der Waals surface area contributed by atoms with E-state index in [1.165, 1.54) is 5.56 Å². The number of nitrogens with zero attached hydrogens (tertiary/aromatic N) is 1. The first-order valence-corrected chi connectivity index (χ1v) is 5.51. The van der Waals surface area contributed by atoms with E-state index in [1.54, 1.807) is 6.07 Å². The van der Waals surface area contributed by atoms with Gasteiger partial charge in [-0.1, -0.05) is 15.9 Å². The van der Waals surface area contributed by atoms with Gasteiger partial charge in [0.2, 0.25) is 0 Å². The summed E-state index contributed by atoms with van der Waals surface area (Å²) in [5.74, 6) is -0.852. The molecule has 3 nitrogen and oxygen atoms in total. The third-order valence-corrected chi connectivity index (χ3v) is 3.32. The lowest BCUT2D eigenvalue weighted by molar-refractivity contribution is 0.0686. The minimum atomic E-state index is -0.852. The van der Waals surface area contributed by atoms with Crippen molar-refractivity contribution in [2.75, 3.05) is 0 Å². The number of hydrogen-bond donors (Lipinski definition) is 1. The van der Waals surface area contributed by atoms with E-state index in [0.717, 1.165) is 28.3 Å². The summed E-state index contributed by atoms with van der Waals surface area (Å²) in [7, 11) is 0. The molecule has 1 aliphatic rings. The fourth-order valence-corrected chi connectivity index (χ4v) is 2.82. The molecule has 1 aromatic heterocycles. The monoisotopic (exact) mass is 265 g/mol. The van der Waals surface area contributed by atoms with E-state index in [-0.39, 0.29) is 0 Å². The summed E-state index contributed by atoms with van der Waals surface area (Å²) in [4.78, 5) is 11.0. The van der Waals surface area contributed by atoms with Crippen LogP contribution in [0.15, 0.2) is 22.7 Å². The van der Waals surface area contributed by atoms with Gasteiger partial charge < -0.3 is 9.67 Å². The molecule has 0 bridgehead atoms. The number of aromatic carboxylic acids is 1. The van der Waals surface area contributed by atoms with Crippen molar-refractivity contribution in [3.63, 3.8) is 0 Å². The number of carboxylic acid groups (broad SMARTS) is 1. The van der Waals surface area contributed by atoms with Crippen LogP contribution in [0.3, 0.4) is 0 Å². The van der Waals surface area contributed by atoms with Crippen molar-refractivity contribution in [1.29, 1.82) is 0 Å². The minimum Gasteiger partial charge on any atom is -0.477 e. The normalized spacial score (nSPS) is 13.7. The van der Waals surface area contributed by atoms with E-state index in [1.807, 2.05) is 10.6 Å². The highest BCUT2D eigenvalue weighted by molar-refractivity contribution is 9.10. The number of carbonyl (C=O) groups is 1. The lowest BCUT2D eigenvalue weighted by Gasteiger charge is -1.98. The number of carboxylic acids is 1. The third kappa shape index (κ3) is 1.14. The fourth-order valence-electron chi connectivity index (χ4n) is 2.30. The van der Waals surface area contributed by atoms with Gasteiger partial charge in [-0.25, -0.2) is 4.79 Å². The average Bonchev–Trinajstić information content (AvgIpc) is 2.71. The molecule has 0 unspecified atom stereocenters. The van der Waals surface area contributed by atoms with Crippen LogP contribution in [-0.2, 0) is 13.0 Å². The largest absolute Gasteiger partial charge is 0.477 e. The smallest absolute Gasteiger partial charge is 0.352 e. The van der Waals surface area contributed by atoms with Gasteiger partial charge in [-0.15, -0.1) is 0 Å². The predicted octanol–water partition coefficient (Wildman–Crippen LogP) is 2.66. The molecule has 0 spiro atoms. The van der Waals surface area contributed by atoms with E-state index in [0.29, 0.717) is 5.69 Å². The fraction of sp³-hybridized carbons (Fsp3) is 0.182. The number of halogens is 1. The first-order chi connectivity index (χ1) is 7.16. The first-order valence-electron chi connectivity index (χ1n) is 4.72. The Labute approximate surface area is 94.4 Å². The molecule has 0 aliphatic carbocycles. The Morgan fingerprint density at radius 1 is 1.40 bits per heavy atom. The van der Waals surface area contributed by atoms with Crippen LogP contribution in [0.25, 0.3) is 10.9 Å². The highest BCUT2D eigenvalue weighted by atomic mass is 79.9. The van der Waals surface area contributed by atoms with Crippen molar-refractivity contribution in [3.05, 3.63) is 33.9 Å². The van der Waals surface area contributed by atoms with Crippen LogP contribution in [0, 0.1) is 0 Å². The molecule has 0 saturated carbocycles. The topological polar surface area (TPSA) is 42.2 Å². The molecule has 2 aromatic rings. The van der Waals surface area contributed by atoms with Gasteiger partial charge in [0.25, 0.3) is 0 Å². The van der Waals surface area contributed by atoms with Gasteiger partial charge >= 0.3 is 5.97 Å². The second kappa shape index (κ2) is 2.85. The highest BCUT2D eigenvalue weighted by Gasteiger charge is 2.21. The Morgan fingerprint density at radius 2 is 2.20 bits per heavy atom. The van der Waals surface area contributed by atoms with Gasteiger partial charge in [-0.05, 0) is 30.2 Å². The zero-order valence-corrected chi connectivity index (χ0v) is 9.41. The van der Waals surface area contributed by atoms with Crippen LogP contribution >= 0.6 is 15.9 Å². The number of aryl methyl sites for hydroxylation is 2. The lowest BCUT2D eigenvalue weighted by Crippen LogP contribution is -2.05. The van der Waals surface area contributed by atoms with Crippen molar-refractivity contribution >= 4 is 32.8 Å².